The molecule has 4 nitrogen and oxygen atoms in total. The molecule has 0 aromatic carbocycles. The largest absolute Gasteiger partial charge is 0.440 e. The van der Waals surface area contributed by atoms with Crippen LogP contribution in [0.4, 0.5) is 0 Å². The molecule has 0 amide bonds. The number of rotatable bonds is 6. The van der Waals surface area contributed by atoms with E-state index < -0.39 is 0 Å². The first-order valence-electron chi connectivity index (χ1n) is 8.10. The molecule has 0 saturated carbocycles. The summed E-state index contributed by atoms with van der Waals surface area (Å²) < 4.78 is 11.7. The minimum absolute atomic E-state index is 0.373. The first-order valence-corrected chi connectivity index (χ1v) is 8.98. The second-order valence-corrected chi connectivity index (χ2v) is 6.82. The average molecular weight is 320 g/mol. The van der Waals surface area contributed by atoms with Gasteiger partial charge in [0.05, 0.1) is 16.7 Å². The highest BCUT2D eigenvalue weighted by Gasteiger charge is 2.22. The fourth-order valence-electron chi connectivity index (χ4n) is 2.87. The average Bonchev–Trinajstić information content (AvgIpc) is 3.16. The number of ether oxygens (including phenoxy) is 1. The van der Waals surface area contributed by atoms with E-state index in [1.165, 1.54) is 12.8 Å². The number of thiophene rings is 1. The molecule has 0 N–H and O–H groups in total. The van der Waals surface area contributed by atoms with Crippen LogP contribution in [0.15, 0.2) is 21.9 Å². The molecule has 1 aliphatic heterocycles. The Morgan fingerprint density at radius 2 is 2.41 bits per heavy atom. The highest BCUT2D eigenvalue weighted by Crippen LogP contribution is 2.27. The first-order chi connectivity index (χ1) is 10.8. The molecule has 0 unspecified atom stereocenters. The van der Waals surface area contributed by atoms with Gasteiger partial charge in [-0.15, -0.1) is 11.3 Å². The van der Waals surface area contributed by atoms with E-state index in [0.29, 0.717) is 6.10 Å². The third-order valence-corrected chi connectivity index (χ3v) is 4.88. The number of aryl methyl sites for hydroxylation is 1. The van der Waals surface area contributed by atoms with Crippen molar-refractivity contribution in [1.82, 2.24) is 9.88 Å². The summed E-state index contributed by atoms with van der Waals surface area (Å²) in [5, 5.41) is 2.05. The van der Waals surface area contributed by atoms with Gasteiger partial charge >= 0.3 is 0 Å². The predicted octanol–water partition coefficient (Wildman–Crippen LogP) is 4.10. The first kappa shape index (κ1) is 15.7. The van der Waals surface area contributed by atoms with Crippen molar-refractivity contribution in [2.45, 2.75) is 45.8 Å². The third kappa shape index (κ3) is 3.77. The zero-order chi connectivity index (χ0) is 15.4. The van der Waals surface area contributed by atoms with Crippen molar-refractivity contribution in [2.24, 2.45) is 0 Å². The van der Waals surface area contributed by atoms with Crippen LogP contribution >= 0.6 is 11.3 Å². The second-order valence-electron chi connectivity index (χ2n) is 5.87. The van der Waals surface area contributed by atoms with Crippen LogP contribution in [0.5, 0.6) is 0 Å². The molecule has 0 spiro atoms. The fraction of sp³-hybridized carbons (Fsp3) is 0.588. The Kier molecular flexibility index (Phi) is 5.28. The van der Waals surface area contributed by atoms with Crippen LogP contribution in [-0.2, 0) is 11.3 Å². The molecule has 0 aliphatic carbocycles. The van der Waals surface area contributed by atoms with E-state index >= 15 is 0 Å². The van der Waals surface area contributed by atoms with Crippen molar-refractivity contribution in [2.75, 3.05) is 19.7 Å². The summed E-state index contributed by atoms with van der Waals surface area (Å²) in [5.41, 5.74) is 1.06. The Labute approximate surface area is 136 Å². The number of aromatic nitrogens is 1. The molecular formula is C17H24N2O2S. The van der Waals surface area contributed by atoms with Gasteiger partial charge in [0.25, 0.3) is 0 Å². The topological polar surface area (TPSA) is 38.5 Å². The summed E-state index contributed by atoms with van der Waals surface area (Å²) in [4.78, 5) is 8.23. The molecule has 0 bridgehead atoms. The molecule has 22 heavy (non-hydrogen) atoms. The molecule has 5 heteroatoms. The Morgan fingerprint density at radius 1 is 1.50 bits per heavy atom. The van der Waals surface area contributed by atoms with Crippen molar-refractivity contribution < 1.29 is 9.15 Å². The van der Waals surface area contributed by atoms with E-state index in [4.69, 9.17) is 14.1 Å². The SMILES string of the molecule is CCCO[C@@H]1CCCN(Cc2nc(-c3cccs3)oc2C)C1. The lowest BCUT2D eigenvalue weighted by atomic mass is 10.1. The lowest BCUT2D eigenvalue weighted by molar-refractivity contribution is -0.00259. The van der Waals surface area contributed by atoms with Crippen molar-refractivity contribution in [1.29, 1.82) is 0 Å². The van der Waals surface area contributed by atoms with Gasteiger partial charge in [-0.1, -0.05) is 13.0 Å². The van der Waals surface area contributed by atoms with Crippen molar-refractivity contribution in [3.05, 3.63) is 29.0 Å². The van der Waals surface area contributed by atoms with E-state index in [1.54, 1.807) is 11.3 Å². The zero-order valence-electron chi connectivity index (χ0n) is 13.4. The van der Waals surface area contributed by atoms with Gasteiger partial charge in [-0.25, -0.2) is 4.98 Å². The maximum absolute atomic E-state index is 5.91. The van der Waals surface area contributed by atoms with Gasteiger partial charge < -0.3 is 9.15 Å². The van der Waals surface area contributed by atoms with Crippen molar-refractivity contribution in [3.8, 4) is 10.8 Å². The lowest BCUT2D eigenvalue weighted by Gasteiger charge is -2.32. The summed E-state index contributed by atoms with van der Waals surface area (Å²) in [5.74, 6) is 1.68. The van der Waals surface area contributed by atoms with Gasteiger partial charge in [0.15, 0.2) is 0 Å². The molecule has 0 radical (unpaired) electrons. The smallest absolute Gasteiger partial charge is 0.236 e. The quantitative estimate of drug-likeness (QED) is 0.803. The number of hydrogen-bond donors (Lipinski definition) is 0. The number of piperidine rings is 1. The number of hydrogen-bond acceptors (Lipinski definition) is 5. The summed E-state index contributed by atoms with van der Waals surface area (Å²) in [6.07, 6.45) is 3.83. The summed E-state index contributed by atoms with van der Waals surface area (Å²) in [7, 11) is 0. The van der Waals surface area contributed by atoms with Gasteiger partial charge in [-0.05, 0) is 44.2 Å². The molecule has 3 rings (SSSR count). The number of likely N-dealkylation sites (tertiary alicyclic amines) is 1. The van der Waals surface area contributed by atoms with E-state index in [0.717, 1.165) is 54.9 Å². The Bertz CT molecular complexity index is 580. The standard InChI is InChI=1S/C17H24N2O2S/c1-3-9-20-14-6-4-8-19(11-14)12-15-13(2)21-17(18-15)16-7-5-10-22-16/h5,7,10,14H,3-4,6,8-9,11-12H2,1-2H3/t14-/m1/s1. The van der Waals surface area contributed by atoms with Crippen LogP contribution in [-0.4, -0.2) is 35.7 Å². The van der Waals surface area contributed by atoms with Crippen molar-refractivity contribution in [3.63, 3.8) is 0 Å². The van der Waals surface area contributed by atoms with Gasteiger partial charge in [0.1, 0.15) is 5.76 Å². The second kappa shape index (κ2) is 7.40. The van der Waals surface area contributed by atoms with E-state index in [9.17, 15) is 0 Å². The van der Waals surface area contributed by atoms with Crippen LogP contribution in [0.2, 0.25) is 0 Å². The van der Waals surface area contributed by atoms with E-state index in [-0.39, 0.29) is 0 Å². The molecule has 2 aromatic heterocycles. The molecular weight excluding hydrogens is 296 g/mol. The Balaban J connectivity index is 1.63. The maximum Gasteiger partial charge on any atom is 0.236 e. The Hall–Kier alpha value is -1.17. The molecule has 3 heterocycles. The zero-order valence-corrected chi connectivity index (χ0v) is 14.2. The lowest BCUT2D eigenvalue weighted by Crippen LogP contribution is -2.39. The molecule has 1 atom stereocenters. The molecule has 1 aliphatic rings. The molecule has 1 saturated heterocycles. The number of nitrogens with zero attached hydrogens (tertiary/aromatic N) is 2. The molecule has 2 aromatic rings. The van der Waals surface area contributed by atoms with Crippen LogP contribution < -0.4 is 0 Å². The van der Waals surface area contributed by atoms with Crippen LogP contribution in [0.1, 0.15) is 37.6 Å². The van der Waals surface area contributed by atoms with Crippen LogP contribution in [0.3, 0.4) is 0 Å². The van der Waals surface area contributed by atoms with Crippen molar-refractivity contribution >= 4 is 11.3 Å². The van der Waals surface area contributed by atoms with Gasteiger partial charge in [0, 0.05) is 19.7 Å². The summed E-state index contributed by atoms with van der Waals surface area (Å²) in [6, 6.07) is 4.08. The molecule has 120 valence electrons. The fourth-order valence-corrected chi connectivity index (χ4v) is 3.52. The normalized spacial score (nSPS) is 19.6. The minimum atomic E-state index is 0.373. The predicted molar refractivity (Wildman–Crippen MR) is 89.1 cm³/mol. The van der Waals surface area contributed by atoms with E-state index in [2.05, 4.69) is 23.3 Å². The summed E-state index contributed by atoms with van der Waals surface area (Å²) >= 11 is 1.66. The highest BCUT2D eigenvalue weighted by atomic mass is 32.1. The Morgan fingerprint density at radius 3 is 3.18 bits per heavy atom. The van der Waals surface area contributed by atoms with Gasteiger partial charge in [-0.3, -0.25) is 4.90 Å². The van der Waals surface area contributed by atoms with E-state index in [1.807, 2.05) is 13.0 Å². The molecule has 1 fully saturated rings. The van der Waals surface area contributed by atoms with Gasteiger partial charge in [-0.2, -0.15) is 0 Å². The monoisotopic (exact) mass is 320 g/mol. The maximum atomic E-state index is 5.91. The van der Waals surface area contributed by atoms with Gasteiger partial charge in [0.2, 0.25) is 5.89 Å². The van der Waals surface area contributed by atoms with Crippen LogP contribution in [0, 0.1) is 6.92 Å². The number of oxazole rings is 1. The minimum Gasteiger partial charge on any atom is -0.440 e. The third-order valence-electron chi connectivity index (χ3n) is 4.02. The highest BCUT2D eigenvalue weighted by molar-refractivity contribution is 7.13. The summed E-state index contributed by atoms with van der Waals surface area (Å²) in [6.45, 7) is 8.00. The van der Waals surface area contributed by atoms with Crippen LogP contribution in [0.25, 0.3) is 10.8 Å².